The lowest BCUT2D eigenvalue weighted by molar-refractivity contribution is -0.116. The first-order chi connectivity index (χ1) is 11.9. The van der Waals surface area contributed by atoms with Gasteiger partial charge in [-0.1, -0.05) is 32.9 Å². The van der Waals surface area contributed by atoms with Gasteiger partial charge in [-0.25, -0.2) is 0 Å². The highest BCUT2D eigenvalue weighted by Crippen LogP contribution is 2.24. The Morgan fingerprint density at radius 2 is 1.80 bits per heavy atom. The van der Waals surface area contributed by atoms with Crippen LogP contribution in [0.1, 0.15) is 26.3 Å². The van der Waals surface area contributed by atoms with E-state index < -0.39 is 0 Å². The third-order valence-electron chi connectivity index (χ3n) is 4.33. The normalized spacial score (nSPS) is 11.5. The van der Waals surface area contributed by atoms with Crippen LogP contribution in [0, 0.1) is 0 Å². The molecule has 1 N–H and O–H groups in total. The highest BCUT2D eigenvalue weighted by molar-refractivity contribution is 5.92. The molecule has 0 atom stereocenters. The standard InChI is InChI=1S/C21H24N2O2/c1-21(2,3)16-5-7-17(8-6-16)22-20(24)14-23-12-11-15-13-18(25-4)9-10-19(15)23/h5-13H,14H2,1-4H3,(H,22,24). The fourth-order valence-electron chi connectivity index (χ4n) is 2.85. The predicted octanol–water partition coefficient (Wildman–Crippen LogP) is 4.59. The lowest BCUT2D eigenvalue weighted by atomic mass is 9.87. The molecule has 25 heavy (non-hydrogen) atoms. The molecule has 0 unspecified atom stereocenters. The van der Waals surface area contributed by atoms with Gasteiger partial charge < -0.3 is 14.6 Å². The first kappa shape index (κ1) is 17.1. The van der Waals surface area contributed by atoms with Crippen molar-refractivity contribution in [2.75, 3.05) is 12.4 Å². The van der Waals surface area contributed by atoms with Crippen molar-refractivity contribution in [2.24, 2.45) is 0 Å². The maximum atomic E-state index is 12.4. The van der Waals surface area contributed by atoms with Crippen LogP contribution in [-0.2, 0) is 16.8 Å². The molecule has 0 aliphatic rings. The van der Waals surface area contributed by atoms with E-state index in [2.05, 4.69) is 38.2 Å². The topological polar surface area (TPSA) is 43.3 Å². The summed E-state index contributed by atoms with van der Waals surface area (Å²) in [5.41, 5.74) is 3.18. The predicted molar refractivity (Wildman–Crippen MR) is 102 cm³/mol. The minimum atomic E-state index is -0.0446. The van der Waals surface area contributed by atoms with E-state index in [0.29, 0.717) is 0 Å². The van der Waals surface area contributed by atoms with Gasteiger partial charge in [-0.3, -0.25) is 4.79 Å². The molecule has 0 fully saturated rings. The number of amides is 1. The number of carbonyl (C=O) groups is 1. The third kappa shape index (κ3) is 3.85. The Labute approximate surface area is 148 Å². The van der Waals surface area contributed by atoms with Gasteiger partial charge in [-0.2, -0.15) is 0 Å². The van der Waals surface area contributed by atoms with Crippen molar-refractivity contribution < 1.29 is 9.53 Å². The molecule has 3 aromatic rings. The van der Waals surface area contributed by atoms with Crippen LogP contribution in [0.25, 0.3) is 10.9 Å². The van der Waals surface area contributed by atoms with Crippen LogP contribution >= 0.6 is 0 Å². The summed E-state index contributed by atoms with van der Waals surface area (Å²) >= 11 is 0. The molecule has 2 aromatic carbocycles. The van der Waals surface area contributed by atoms with Crippen LogP contribution in [0.5, 0.6) is 5.75 Å². The highest BCUT2D eigenvalue weighted by atomic mass is 16.5. The van der Waals surface area contributed by atoms with Crippen molar-refractivity contribution in [1.82, 2.24) is 4.57 Å². The summed E-state index contributed by atoms with van der Waals surface area (Å²) in [6.07, 6.45) is 1.92. The Kier molecular flexibility index (Phi) is 4.53. The molecule has 0 saturated heterocycles. The molecule has 1 aromatic heterocycles. The zero-order chi connectivity index (χ0) is 18.0. The van der Waals surface area contributed by atoms with Crippen LogP contribution in [-0.4, -0.2) is 17.6 Å². The first-order valence-corrected chi connectivity index (χ1v) is 8.40. The number of ether oxygens (including phenoxy) is 1. The van der Waals surface area contributed by atoms with E-state index in [1.807, 2.05) is 47.2 Å². The Hall–Kier alpha value is -2.75. The second-order valence-corrected chi connectivity index (χ2v) is 7.24. The van der Waals surface area contributed by atoms with Gasteiger partial charge in [0.05, 0.1) is 7.11 Å². The zero-order valence-corrected chi connectivity index (χ0v) is 15.2. The van der Waals surface area contributed by atoms with E-state index >= 15 is 0 Å². The van der Waals surface area contributed by atoms with Gasteiger partial charge in [0.15, 0.2) is 0 Å². The van der Waals surface area contributed by atoms with Crippen LogP contribution in [0.15, 0.2) is 54.7 Å². The number of aromatic nitrogens is 1. The number of carbonyl (C=O) groups excluding carboxylic acids is 1. The van der Waals surface area contributed by atoms with Crippen LogP contribution in [0.2, 0.25) is 0 Å². The second kappa shape index (κ2) is 6.63. The van der Waals surface area contributed by atoms with E-state index in [4.69, 9.17) is 4.74 Å². The number of rotatable bonds is 4. The summed E-state index contributed by atoms with van der Waals surface area (Å²) < 4.78 is 7.17. The number of hydrogen-bond acceptors (Lipinski definition) is 2. The maximum Gasteiger partial charge on any atom is 0.244 e. The molecule has 1 heterocycles. The van der Waals surface area contributed by atoms with E-state index in [1.165, 1.54) is 5.56 Å². The number of nitrogens with zero attached hydrogens (tertiary/aromatic N) is 1. The quantitative estimate of drug-likeness (QED) is 0.757. The smallest absolute Gasteiger partial charge is 0.244 e. The fourth-order valence-corrected chi connectivity index (χ4v) is 2.85. The lowest BCUT2D eigenvalue weighted by Crippen LogP contribution is -2.18. The Balaban J connectivity index is 1.70. The Morgan fingerprint density at radius 3 is 2.44 bits per heavy atom. The van der Waals surface area contributed by atoms with Gasteiger partial charge in [-0.15, -0.1) is 0 Å². The highest BCUT2D eigenvalue weighted by Gasteiger charge is 2.13. The summed E-state index contributed by atoms with van der Waals surface area (Å²) in [4.78, 5) is 12.4. The third-order valence-corrected chi connectivity index (χ3v) is 4.33. The van der Waals surface area contributed by atoms with Gasteiger partial charge in [-0.05, 0) is 47.4 Å². The number of nitrogens with one attached hydrogen (secondary N) is 1. The summed E-state index contributed by atoms with van der Waals surface area (Å²) in [7, 11) is 1.65. The van der Waals surface area contributed by atoms with Gasteiger partial charge in [0.2, 0.25) is 5.91 Å². The average Bonchev–Trinajstić information content (AvgIpc) is 2.96. The second-order valence-electron chi connectivity index (χ2n) is 7.24. The van der Waals surface area contributed by atoms with Gasteiger partial charge in [0.25, 0.3) is 0 Å². The molecule has 0 spiro atoms. The van der Waals surface area contributed by atoms with Crippen molar-refractivity contribution in [3.8, 4) is 5.75 Å². The van der Waals surface area contributed by atoms with Gasteiger partial charge >= 0.3 is 0 Å². The summed E-state index contributed by atoms with van der Waals surface area (Å²) in [5.74, 6) is 0.769. The summed E-state index contributed by atoms with van der Waals surface area (Å²) in [5, 5.41) is 4.02. The van der Waals surface area contributed by atoms with Crippen molar-refractivity contribution in [3.63, 3.8) is 0 Å². The largest absolute Gasteiger partial charge is 0.497 e. The number of anilines is 1. The van der Waals surface area contributed by atoms with E-state index in [9.17, 15) is 4.79 Å². The minimum absolute atomic E-state index is 0.0446. The van der Waals surface area contributed by atoms with Crippen molar-refractivity contribution in [2.45, 2.75) is 32.7 Å². The number of methoxy groups -OCH3 is 1. The molecule has 4 heteroatoms. The fraction of sp³-hybridized carbons (Fsp3) is 0.286. The SMILES string of the molecule is COc1ccc2c(ccn2CC(=O)Nc2ccc(C(C)(C)C)cc2)c1. The molecule has 0 radical (unpaired) electrons. The van der Waals surface area contributed by atoms with Crippen molar-refractivity contribution in [1.29, 1.82) is 0 Å². The lowest BCUT2D eigenvalue weighted by Gasteiger charge is -2.19. The summed E-state index contributed by atoms with van der Waals surface area (Å²) in [6.45, 7) is 6.79. The minimum Gasteiger partial charge on any atom is -0.497 e. The van der Waals surface area contributed by atoms with E-state index in [0.717, 1.165) is 22.3 Å². The average molecular weight is 336 g/mol. The first-order valence-electron chi connectivity index (χ1n) is 8.40. The monoisotopic (exact) mass is 336 g/mol. The zero-order valence-electron chi connectivity index (χ0n) is 15.2. The summed E-state index contributed by atoms with van der Waals surface area (Å²) in [6, 6.07) is 15.9. The molecule has 3 rings (SSSR count). The molecule has 130 valence electrons. The Bertz CT molecular complexity index is 886. The molecule has 1 amide bonds. The maximum absolute atomic E-state index is 12.4. The van der Waals surface area contributed by atoms with Gasteiger partial charge in [0, 0.05) is 22.8 Å². The molecule has 0 bridgehead atoms. The van der Waals surface area contributed by atoms with Gasteiger partial charge in [0.1, 0.15) is 12.3 Å². The number of hydrogen-bond donors (Lipinski definition) is 1. The van der Waals surface area contributed by atoms with E-state index in [-0.39, 0.29) is 17.9 Å². The van der Waals surface area contributed by atoms with E-state index in [1.54, 1.807) is 7.11 Å². The number of fused-ring (bicyclic) bond motifs is 1. The van der Waals surface area contributed by atoms with Crippen molar-refractivity contribution in [3.05, 3.63) is 60.3 Å². The number of benzene rings is 2. The van der Waals surface area contributed by atoms with Crippen molar-refractivity contribution >= 4 is 22.5 Å². The Morgan fingerprint density at radius 1 is 1.08 bits per heavy atom. The molecule has 0 saturated carbocycles. The van der Waals surface area contributed by atoms with Crippen LogP contribution in [0.3, 0.4) is 0 Å². The molecular weight excluding hydrogens is 312 g/mol. The molecule has 4 nitrogen and oxygen atoms in total. The van der Waals surface area contributed by atoms with Crippen LogP contribution in [0.4, 0.5) is 5.69 Å². The van der Waals surface area contributed by atoms with Crippen LogP contribution < -0.4 is 10.1 Å². The molecule has 0 aliphatic heterocycles. The molecule has 0 aliphatic carbocycles. The molecular formula is C21H24N2O2.